The minimum atomic E-state index is -0.455. The fourth-order valence-electron chi connectivity index (χ4n) is 1.48. The van der Waals surface area contributed by atoms with Crippen molar-refractivity contribution >= 4 is 28.7 Å². The SMILES string of the molecule is Cc1ccc([N+](=O)[O-])cc1N(CCN)C(N)=S. The van der Waals surface area contributed by atoms with Gasteiger partial charge in [-0.05, 0) is 24.7 Å². The van der Waals surface area contributed by atoms with E-state index in [4.69, 9.17) is 23.7 Å². The smallest absolute Gasteiger partial charge is 0.271 e. The highest BCUT2D eigenvalue weighted by atomic mass is 32.1. The van der Waals surface area contributed by atoms with Crippen LogP contribution in [0, 0.1) is 17.0 Å². The monoisotopic (exact) mass is 254 g/mol. The van der Waals surface area contributed by atoms with E-state index in [1.807, 2.05) is 6.92 Å². The van der Waals surface area contributed by atoms with Crippen LogP contribution < -0.4 is 16.4 Å². The van der Waals surface area contributed by atoms with E-state index in [0.29, 0.717) is 18.8 Å². The fraction of sp³-hybridized carbons (Fsp3) is 0.300. The summed E-state index contributed by atoms with van der Waals surface area (Å²) in [7, 11) is 0. The summed E-state index contributed by atoms with van der Waals surface area (Å²) < 4.78 is 0. The van der Waals surface area contributed by atoms with E-state index in [1.54, 1.807) is 11.0 Å². The Labute approximate surface area is 104 Å². The molecule has 7 heteroatoms. The topological polar surface area (TPSA) is 98.4 Å². The van der Waals surface area contributed by atoms with Gasteiger partial charge in [-0.25, -0.2) is 0 Å². The van der Waals surface area contributed by atoms with Gasteiger partial charge in [-0.15, -0.1) is 0 Å². The summed E-state index contributed by atoms with van der Waals surface area (Å²) in [5.74, 6) is 0. The lowest BCUT2D eigenvalue weighted by Gasteiger charge is -2.23. The molecule has 92 valence electrons. The van der Waals surface area contributed by atoms with Crippen LogP contribution >= 0.6 is 12.2 Å². The Morgan fingerprint density at radius 2 is 2.24 bits per heavy atom. The molecule has 0 saturated carbocycles. The van der Waals surface area contributed by atoms with E-state index in [9.17, 15) is 10.1 Å². The summed E-state index contributed by atoms with van der Waals surface area (Å²) in [4.78, 5) is 11.9. The molecular formula is C10H14N4O2S. The van der Waals surface area contributed by atoms with Crippen molar-refractivity contribution in [2.45, 2.75) is 6.92 Å². The van der Waals surface area contributed by atoms with E-state index in [0.717, 1.165) is 5.56 Å². The third-order valence-corrected chi connectivity index (χ3v) is 2.53. The largest absolute Gasteiger partial charge is 0.376 e. The van der Waals surface area contributed by atoms with Crippen molar-refractivity contribution in [2.24, 2.45) is 11.5 Å². The molecule has 0 aromatic heterocycles. The molecule has 6 nitrogen and oxygen atoms in total. The molecule has 4 N–H and O–H groups in total. The van der Waals surface area contributed by atoms with E-state index >= 15 is 0 Å². The fourth-order valence-corrected chi connectivity index (χ4v) is 1.67. The van der Waals surface area contributed by atoms with Gasteiger partial charge in [-0.3, -0.25) is 10.1 Å². The van der Waals surface area contributed by atoms with Gasteiger partial charge in [-0.1, -0.05) is 6.07 Å². The summed E-state index contributed by atoms with van der Waals surface area (Å²) in [5.41, 5.74) is 12.5. The molecule has 1 aromatic rings. The molecule has 17 heavy (non-hydrogen) atoms. The summed E-state index contributed by atoms with van der Waals surface area (Å²) in [6.45, 7) is 2.62. The summed E-state index contributed by atoms with van der Waals surface area (Å²) in [6.07, 6.45) is 0. The van der Waals surface area contributed by atoms with Crippen LogP contribution in [0.25, 0.3) is 0 Å². The highest BCUT2D eigenvalue weighted by Crippen LogP contribution is 2.25. The Bertz CT molecular complexity index is 450. The normalized spacial score (nSPS) is 10.0. The Morgan fingerprint density at radius 1 is 1.59 bits per heavy atom. The lowest BCUT2D eigenvalue weighted by molar-refractivity contribution is -0.384. The Balaban J connectivity index is 3.21. The first-order valence-corrected chi connectivity index (χ1v) is 5.40. The second kappa shape index (κ2) is 5.55. The molecule has 0 spiro atoms. The number of nitrogens with two attached hydrogens (primary N) is 2. The van der Waals surface area contributed by atoms with Crippen molar-refractivity contribution < 1.29 is 4.92 Å². The minimum absolute atomic E-state index is 0.00358. The lowest BCUT2D eigenvalue weighted by atomic mass is 10.1. The molecular weight excluding hydrogens is 240 g/mol. The summed E-state index contributed by atoms with van der Waals surface area (Å²) in [6, 6.07) is 4.55. The van der Waals surface area contributed by atoms with Crippen LogP contribution in [-0.2, 0) is 0 Å². The number of nitrogens with zero attached hydrogens (tertiary/aromatic N) is 2. The Morgan fingerprint density at radius 3 is 2.71 bits per heavy atom. The minimum Gasteiger partial charge on any atom is -0.376 e. The van der Waals surface area contributed by atoms with Crippen molar-refractivity contribution in [3.8, 4) is 0 Å². The molecule has 0 amide bonds. The van der Waals surface area contributed by atoms with Gasteiger partial charge in [-0.2, -0.15) is 0 Å². The number of benzene rings is 1. The van der Waals surface area contributed by atoms with Crippen molar-refractivity contribution in [1.82, 2.24) is 0 Å². The number of aryl methyl sites for hydroxylation is 1. The average molecular weight is 254 g/mol. The molecule has 1 rings (SSSR count). The molecule has 0 unspecified atom stereocenters. The molecule has 0 fully saturated rings. The standard InChI is InChI=1S/C10H14N4O2S/c1-7-2-3-8(14(15)16)6-9(7)13(5-4-11)10(12)17/h2-3,6H,4-5,11H2,1H3,(H2,12,17). The Hall–Kier alpha value is -1.73. The zero-order valence-electron chi connectivity index (χ0n) is 9.42. The zero-order chi connectivity index (χ0) is 13.0. The molecule has 0 aliphatic heterocycles. The van der Waals surface area contributed by atoms with E-state index in [2.05, 4.69) is 0 Å². The quantitative estimate of drug-likeness (QED) is 0.471. The lowest BCUT2D eigenvalue weighted by Crippen LogP contribution is -2.39. The van der Waals surface area contributed by atoms with Crippen molar-refractivity contribution in [3.63, 3.8) is 0 Å². The van der Waals surface area contributed by atoms with Crippen LogP contribution in [0.1, 0.15) is 5.56 Å². The van der Waals surface area contributed by atoms with Gasteiger partial charge in [0.2, 0.25) is 0 Å². The summed E-state index contributed by atoms with van der Waals surface area (Å²) in [5, 5.41) is 10.9. The predicted molar refractivity (Wildman–Crippen MR) is 71.0 cm³/mol. The number of rotatable bonds is 4. The van der Waals surface area contributed by atoms with Gasteiger partial charge in [0.1, 0.15) is 0 Å². The van der Waals surface area contributed by atoms with Crippen LogP contribution in [0.2, 0.25) is 0 Å². The number of hydrogen-bond donors (Lipinski definition) is 2. The van der Waals surface area contributed by atoms with Crippen LogP contribution in [-0.4, -0.2) is 23.1 Å². The first-order chi connectivity index (χ1) is 7.97. The third kappa shape index (κ3) is 3.11. The molecule has 0 aliphatic carbocycles. The second-order valence-corrected chi connectivity index (χ2v) is 3.92. The third-order valence-electron chi connectivity index (χ3n) is 2.31. The first-order valence-electron chi connectivity index (χ1n) is 4.99. The maximum absolute atomic E-state index is 10.7. The number of anilines is 1. The molecule has 0 aliphatic rings. The molecule has 0 radical (unpaired) electrons. The van der Waals surface area contributed by atoms with E-state index < -0.39 is 4.92 Å². The molecule has 0 atom stereocenters. The van der Waals surface area contributed by atoms with Gasteiger partial charge >= 0.3 is 0 Å². The van der Waals surface area contributed by atoms with Crippen molar-refractivity contribution in [1.29, 1.82) is 0 Å². The number of nitro benzene ring substituents is 1. The summed E-state index contributed by atoms with van der Waals surface area (Å²) >= 11 is 4.91. The van der Waals surface area contributed by atoms with Gasteiger partial charge in [0.15, 0.2) is 5.11 Å². The number of hydrogen-bond acceptors (Lipinski definition) is 4. The van der Waals surface area contributed by atoms with E-state index in [1.165, 1.54) is 12.1 Å². The van der Waals surface area contributed by atoms with Crippen LogP contribution in [0.5, 0.6) is 0 Å². The highest BCUT2D eigenvalue weighted by molar-refractivity contribution is 7.80. The van der Waals surface area contributed by atoms with Gasteiger partial charge in [0.25, 0.3) is 5.69 Å². The van der Waals surface area contributed by atoms with Gasteiger partial charge in [0, 0.05) is 25.2 Å². The van der Waals surface area contributed by atoms with Gasteiger partial charge < -0.3 is 16.4 Å². The Kier molecular flexibility index (Phi) is 4.36. The molecule has 1 aromatic carbocycles. The molecule has 0 heterocycles. The van der Waals surface area contributed by atoms with Crippen LogP contribution in [0.15, 0.2) is 18.2 Å². The second-order valence-electron chi connectivity index (χ2n) is 3.51. The first kappa shape index (κ1) is 13.3. The van der Waals surface area contributed by atoms with Crippen LogP contribution in [0.4, 0.5) is 11.4 Å². The van der Waals surface area contributed by atoms with Crippen molar-refractivity contribution in [2.75, 3.05) is 18.0 Å². The number of thiocarbonyl (C=S) groups is 1. The van der Waals surface area contributed by atoms with Crippen molar-refractivity contribution in [3.05, 3.63) is 33.9 Å². The molecule has 0 bridgehead atoms. The van der Waals surface area contributed by atoms with Gasteiger partial charge in [0.05, 0.1) is 10.6 Å². The maximum Gasteiger partial charge on any atom is 0.271 e. The number of non-ortho nitro benzene ring substituents is 1. The average Bonchev–Trinajstić information content (AvgIpc) is 2.26. The van der Waals surface area contributed by atoms with E-state index in [-0.39, 0.29) is 10.8 Å². The highest BCUT2D eigenvalue weighted by Gasteiger charge is 2.15. The number of nitro groups is 1. The predicted octanol–water partition coefficient (Wildman–Crippen LogP) is 0.912. The zero-order valence-corrected chi connectivity index (χ0v) is 10.2. The van der Waals surface area contributed by atoms with Crippen LogP contribution in [0.3, 0.4) is 0 Å². The molecule has 0 saturated heterocycles. The maximum atomic E-state index is 10.7.